The molecule has 1 heterocycles. The Bertz CT molecular complexity index is 817. The number of hydrogen-bond acceptors (Lipinski definition) is 4. The van der Waals surface area contributed by atoms with Crippen LogP contribution in [0.4, 0.5) is 10.1 Å². The van der Waals surface area contributed by atoms with E-state index in [1.807, 2.05) is 0 Å². The third-order valence-electron chi connectivity index (χ3n) is 2.59. The molecule has 0 amide bonds. The monoisotopic (exact) mass is 349 g/mol. The first kappa shape index (κ1) is 15.7. The van der Waals surface area contributed by atoms with Crippen molar-refractivity contribution < 1.29 is 22.7 Å². The van der Waals surface area contributed by atoms with Crippen molar-refractivity contribution in [2.45, 2.75) is 11.8 Å². The third-order valence-corrected chi connectivity index (χ3v) is 5.51. The van der Waals surface area contributed by atoms with Crippen molar-refractivity contribution in [2.75, 3.05) is 4.72 Å². The minimum atomic E-state index is -4.11. The molecule has 0 unspecified atom stereocenters. The van der Waals surface area contributed by atoms with Crippen LogP contribution >= 0.6 is 22.9 Å². The lowest BCUT2D eigenvalue weighted by atomic mass is 10.3. The molecule has 112 valence electrons. The van der Waals surface area contributed by atoms with E-state index in [1.165, 1.54) is 5.38 Å². The molecule has 0 saturated carbocycles. The van der Waals surface area contributed by atoms with Crippen LogP contribution in [0.3, 0.4) is 0 Å². The lowest BCUT2D eigenvalue weighted by Crippen LogP contribution is -2.15. The van der Waals surface area contributed by atoms with Gasteiger partial charge in [0.05, 0.1) is 10.7 Å². The van der Waals surface area contributed by atoms with E-state index < -0.39 is 21.8 Å². The van der Waals surface area contributed by atoms with E-state index in [0.29, 0.717) is 5.56 Å². The Balaban J connectivity index is 2.47. The van der Waals surface area contributed by atoms with Crippen molar-refractivity contribution in [2.24, 2.45) is 0 Å². The molecule has 0 fully saturated rings. The standard InChI is InChI=1S/C12H9ClFNO4S2/c1-6-5-20-11(12(16)17)10(6)15-21(18,19)9-3-2-7(14)4-8(9)13/h2-5,15H,1H3,(H,16,17). The summed E-state index contributed by atoms with van der Waals surface area (Å²) in [5.74, 6) is -1.91. The van der Waals surface area contributed by atoms with E-state index in [-0.39, 0.29) is 20.5 Å². The second kappa shape index (κ2) is 5.63. The molecule has 2 N–H and O–H groups in total. The summed E-state index contributed by atoms with van der Waals surface area (Å²) in [7, 11) is -4.11. The minimum Gasteiger partial charge on any atom is -0.477 e. The zero-order valence-corrected chi connectivity index (χ0v) is 12.9. The average molecular weight is 350 g/mol. The number of carboxylic acid groups (broad SMARTS) is 1. The van der Waals surface area contributed by atoms with Crippen LogP contribution in [0.15, 0.2) is 28.5 Å². The fraction of sp³-hybridized carbons (Fsp3) is 0.0833. The molecule has 2 rings (SSSR count). The molecule has 0 saturated heterocycles. The molecule has 21 heavy (non-hydrogen) atoms. The number of aromatic carboxylic acids is 1. The highest BCUT2D eigenvalue weighted by Crippen LogP contribution is 2.31. The van der Waals surface area contributed by atoms with Gasteiger partial charge in [-0.25, -0.2) is 17.6 Å². The summed E-state index contributed by atoms with van der Waals surface area (Å²) in [5, 5.41) is 10.3. The number of anilines is 1. The number of halogens is 2. The van der Waals surface area contributed by atoms with Crippen LogP contribution in [0, 0.1) is 12.7 Å². The van der Waals surface area contributed by atoms with Crippen LogP contribution in [0.2, 0.25) is 5.02 Å². The van der Waals surface area contributed by atoms with E-state index in [0.717, 1.165) is 29.5 Å². The number of carboxylic acids is 1. The van der Waals surface area contributed by atoms with Gasteiger partial charge in [-0.05, 0) is 36.1 Å². The van der Waals surface area contributed by atoms with Crippen molar-refractivity contribution >= 4 is 44.6 Å². The summed E-state index contributed by atoms with van der Waals surface area (Å²) in [6.07, 6.45) is 0. The number of aryl methyl sites for hydroxylation is 1. The van der Waals surface area contributed by atoms with Gasteiger partial charge in [0.25, 0.3) is 10.0 Å². The second-order valence-electron chi connectivity index (χ2n) is 4.11. The molecule has 0 aliphatic carbocycles. The van der Waals surface area contributed by atoms with Gasteiger partial charge in [0, 0.05) is 0 Å². The molecule has 0 bridgehead atoms. The number of sulfonamides is 1. The molecule has 0 aliphatic rings. The highest BCUT2D eigenvalue weighted by atomic mass is 35.5. The summed E-state index contributed by atoms with van der Waals surface area (Å²) in [6, 6.07) is 2.84. The number of carbonyl (C=O) groups is 1. The van der Waals surface area contributed by atoms with Gasteiger partial charge >= 0.3 is 5.97 Å². The first-order valence-corrected chi connectivity index (χ1v) is 8.25. The maximum absolute atomic E-state index is 13.0. The predicted molar refractivity (Wildman–Crippen MR) is 78.2 cm³/mol. The second-order valence-corrected chi connectivity index (χ2v) is 7.05. The maximum atomic E-state index is 13.0. The van der Waals surface area contributed by atoms with Crippen LogP contribution in [-0.2, 0) is 10.0 Å². The summed E-state index contributed by atoms with van der Waals surface area (Å²) in [6.45, 7) is 1.58. The van der Waals surface area contributed by atoms with E-state index in [1.54, 1.807) is 6.92 Å². The summed E-state index contributed by atoms with van der Waals surface area (Å²) < 4.78 is 39.7. The fourth-order valence-corrected chi connectivity index (χ4v) is 4.20. The zero-order valence-electron chi connectivity index (χ0n) is 10.6. The molecule has 1 aromatic carbocycles. The highest BCUT2D eigenvalue weighted by molar-refractivity contribution is 7.92. The Morgan fingerprint density at radius 3 is 2.67 bits per heavy atom. The normalized spacial score (nSPS) is 11.4. The molecule has 9 heteroatoms. The van der Waals surface area contributed by atoms with Crippen molar-refractivity contribution in [1.29, 1.82) is 0 Å². The molecule has 1 aromatic heterocycles. The Morgan fingerprint density at radius 1 is 1.43 bits per heavy atom. The van der Waals surface area contributed by atoms with Crippen molar-refractivity contribution in [3.05, 3.63) is 44.9 Å². The number of nitrogens with one attached hydrogen (secondary N) is 1. The molecule has 0 radical (unpaired) electrons. The van der Waals surface area contributed by atoms with E-state index in [4.69, 9.17) is 16.7 Å². The molecule has 0 spiro atoms. The Morgan fingerprint density at radius 2 is 2.10 bits per heavy atom. The molecule has 2 aromatic rings. The van der Waals surface area contributed by atoms with Gasteiger partial charge in [0.1, 0.15) is 15.6 Å². The van der Waals surface area contributed by atoms with E-state index >= 15 is 0 Å². The molecule has 5 nitrogen and oxygen atoms in total. The highest BCUT2D eigenvalue weighted by Gasteiger charge is 2.23. The third kappa shape index (κ3) is 3.17. The fourth-order valence-electron chi connectivity index (χ4n) is 1.61. The number of thiophene rings is 1. The topological polar surface area (TPSA) is 83.5 Å². The van der Waals surface area contributed by atoms with Gasteiger partial charge in [-0.2, -0.15) is 0 Å². The molecular formula is C12H9ClFNO4S2. The van der Waals surface area contributed by atoms with Crippen LogP contribution < -0.4 is 4.72 Å². The minimum absolute atomic E-state index is 0.0205. The summed E-state index contributed by atoms with van der Waals surface area (Å²) >= 11 is 6.63. The quantitative estimate of drug-likeness (QED) is 0.886. The predicted octanol–water partition coefficient (Wildman–Crippen LogP) is 3.35. The van der Waals surface area contributed by atoms with Gasteiger partial charge in [-0.1, -0.05) is 11.6 Å². The Labute approximate surface area is 129 Å². The van der Waals surface area contributed by atoms with E-state index in [9.17, 15) is 17.6 Å². The maximum Gasteiger partial charge on any atom is 0.348 e. The zero-order chi connectivity index (χ0) is 15.8. The Hall–Kier alpha value is -1.64. The first-order valence-electron chi connectivity index (χ1n) is 5.51. The number of benzene rings is 1. The number of hydrogen-bond donors (Lipinski definition) is 2. The van der Waals surface area contributed by atoms with Crippen LogP contribution in [0.1, 0.15) is 15.2 Å². The lowest BCUT2D eigenvalue weighted by Gasteiger charge is -2.10. The Kier molecular flexibility index (Phi) is 4.22. The van der Waals surface area contributed by atoms with Gasteiger partial charge in [-0.15, -0.1) is 11.3 Å². The van der Waals surface area contributed by atoms with Gasteiger partial charge in [-0.3, -0.25) is 4.72 Å². The van der Waals surface area contributed by atoms with Gasteiger partial charge in [0.15, 0.2) is 0 Å². The average Bonchev–Trinajstić information content (AvgIpc) is 2.70. The number of rotatable bonds is 4. The van der Waals surface area contributed by atoms with Crippen LogP contribution in [0.25, 0.3) is 0 Å². The molecular weight excluding hydrogens is 341 g/mol. The van der Waals surface area contributed by atoms with Crippen molar-refractivity contribution in [1.82, 2.24) is 0 Å². The summed E-state index contributed by atoms with van der Waals surface area (Å²) in [4.78, 5) is 10.6. The van der Waals surface area contributed by atoms with E-state index in [2.05, 4.69) is 4.72 Å². The largest absolute Gasteiger partial charge is 0.477 e. The van der Waals surface area contributed by atoms with Crippen molar-refractivity contribution in [3.63, 3.8) is 0 Å². The van der Waals surface area contributed by atoms with Crippen LogP contribution in [-0.4, -0.2) is 19.5 Å². The van der Waals surface area contributed by atoms with Crippen molar-refractivity contribution in [3.8, 4) is 0 Å². The summed E-state index contributed by atoms with van der Waals surface area (Å²) in [5.41, 5.74) is 0.451. The van der Waals surface area contributed by atoms with Gasteiger partial charge in [0.2, 0.25) is 0 Å². The smallest absolute Gasteiger partial charge is 0.348 e. The molecule has 0 aliphatic heterocycles. The lowest BCUT2D eigenvalue weighted by molar-refractivity contribution is 0.0703. The van der Waals surface area contributed by atoms with Crippen LogP contribution in [0.5, 0.6) is 0 Å². The first-order chi connectivity index (χ1) is 9.72. The van der Waals surface area contributed by atoms with Gasteiger partial charge < -0.3 is 5.11 Å². The SMILES string of the molecule is Cc1csc(C(=O)O)c1NS(=O)(=O)c1ccc(F)cc1Cl. The molecule has 0 atom stereocenters.